The quantitative estimate of drug-likeness (QED) is 0.385. The molecule has 2 aromatic rings. The highest BCUT2D eigenvalue weighted by molar-refractivity contribution is 6.56. The molecule has 0 aliphatic heterocycles. The fraction of sp³-hybridized carbons (Fsp3) is 0.429. The number of likely N-dealkylation sites (N-methyl/N-ethyl adjacent to an activating group) is 1. The van der Waals surface area contributed by atoms with Crippen LogP contribution in [0.4, 0.5) is 4.39 Å². The Labute approximate surface area is 196 Å². The van der Waals surface area contributed by atoms with Gasteiger partial charge >= 0.3 is 0 Å². The molecule has 0 N–H and O–H groups in total. The van der Waals surface area contributed by atoms with E-state index in [2.05, 4.69) is 82.6 Å². The van der Waals surface area contributed by atoms with Crippen molar-refractivity contribution in [2.24, 2.45) is 5.41 Å². The lowest BCUT2D eigenvalue weighted by molar-refractivity contribution is 0.195. The molecule has 4 heteroatoms. The molecule has 0 radical (unpaired) electrons. The third kappa shape index (κ3) is 9.42. The van der Waals surface area contributed by atoms with Gasteiger partial charge in [0.2, 0.25) is 0 Å². The van der Waals surface area contributed by atoms with Gasteiger partial charge in [-0.2, -0.15) is 0 Å². The number of nitrogens with zero attached hydrogens (tertiary/aromatic N) is 1. The summed E-state index contributed by atoms with van der Waals surface area (Å²) in [7, 11) is -0.751. The van der Waals surface area contributed by atoms with E-state index < -0.39 is 9.52 Å². The van der Waals surface area contributed by atoms with Crippen LogP contribution in [0.5, 0.6) is 5.75 Å². The highest BCUT2D eigenvalue weighted by Crippen LogP contribution is 2.20. The Balaban J connectivity index is 1.99. The molecular weight excluding hydrogens is 413 g/mol. The molecule has 2 nitrogen and oxygen atoms in total. The van der Waals surface area contributed by atoms with E-state index >= 15 is 0 Å². The van der Waals surface area contributed by atoms with Crippen LogP contribution in [0.15, 0.2) is 54.6 Å². The molecule has 0 unspecified atom stereocenters. The summed E-state index contributed by atoms with van der Waals surface area (Å²) < 4.78 is 20.0. The van der Waals surface area contributed by atoms with Gasteiger partial charge in [-0.05, 0) is 83.5 Å². The minimum Gasteiger partial charge on any atom is -0.492 e. The summed E-state index contributed by atoms with van der Waals surface area (Å²) in [5.41, 5.74) is 1.96. The van der Waals surface area contributed by atoms with Gasteiger partial charge in [-0.25, -0.2) is 4.39 Å². The average molecular weight is 452 g/mol. The number of allylic oxidation sites excluding steroid dienone is 1. The fourth-order valence-electron chi connectivity index (χ4n) is 3.45. The van der Waals surface area contributed by atoms with Gasteiger partial charge in [0.05, 0.1) is 5.22 Å². The molecule has 0 heterocycles. The van der Waals surface area contributed by atoms with Crippen LogP contribution in [0, 0.1) is 30.0 Å². The van der Waals surface area contributed by atoms with Crippen LogP contribution in [0.2, 0.25) is 0 Å². The number of benzene rings is 2. The molecular formula is C28H38FNOSi. The van der Waals surface area contributed by atoms with Crippen molar-refractivity contribution in [1.82, 2.24) is 4.90 Å². The van der Waals surface area contributed by atoms with Gasteiger partial charge < -0.3 is 4.74 Å². The summed E-state index contributed by atoms with van der Waals surface area (Å²) in [5.74, 6) is 7.11. The summed E-state index contributed by atoms with van der Waals surface area (Å²) in [4.78, 5) is 2.37. The first-order valence-electron chi connectivity index (χ1n) is 11.4. The van der Waals surface area contributed by atoms with Crippen molar-refractivity contribution in [1.29, 1.82) is 0 Å². The number of rotatable bonds is 9. The fourth-order valence-corrected chi connectivity index (χ4v) is 5.32. The highest BCUT2D eigenvalue weighted by atomic mass is 28.2. The first-order valence-corrected chi connectivity index (χ1v) is 12.8. The van der Waals surface area contributed by atoms with E-state index in [4.69, 9.17) is 4.74 Å². The third-order valence-electron chi connectivity index (χ3n) is 5.01. The normalized spacial score (nSPS) is 12.5. The average Bonchev–Trinajstić information content (AvgIpc) is 2.68. The zero-order chi connectivity index (χ0) is 23.8. The minimum absolute atomic E-state index is 0.0292. The molecule has 0 bridgehead atoms. The maximum atomic E-state index is 13.6. The number of aryl methyl sites for hydroxylation is 1. The van der Waals surface area contributed by atoms with Crippen LogP contribution >= 0.6 is 0 Å². The summed E-state index contributed by atoms with van der Waals surface area (Å²) in [6.45, 7) is 17.3. The van der Waals surface area contributed by atoms with Crippen molar-refractivity contribution in [2.45, 2.75) is 60.2 Å². The van der Waals surface area contributed by atoms with Gasteiger partial charge in [-0.3, -0.25) is 4.90 Å². The van der Waals surface area contributed by atoms with Crippen molar-refractivity contribution < 1.29 is 9.13 Å². The second-order valence-corrected chi connectivity index (χ2v) is 12.9. The highest BCUT2D eigenvalue weighted by Gasteiger charge is 2.22. The van der Waals surface area contributed by atoms with Crippen LogP contribution < -0.4 is 9.92 Å². The van der Waals surface area contributed by atoms with Gasteiger partial charge in [0.1, 0.15) is 21.1 Å². The summed E-state index contributed by atoms with van der Waals surface area (Å²) in [5, 5.41) is 0.950. The van der Waals surface area contributed by atoms with E-state index in [1.807, 2.05) is 31.2 Å². The van der Waals surface area contributed by atoms with Gasteiger partial charge in [0, 0.05) is 18.5 Å². The van der Waals surface area contributed by atoms with Crippen LogP contribution in [0.25, 0.3) is 0 Å². The third-order valence-corrected chi connectivity index (χ3v) is 6.85. The monoisotopic (exact) mass is 451 g/mol. The maximum absolute atomic E-state index is 13.6. The van der Waals surface area contributed by atoms with Crippen LogP contribution in [0.3, 0.4) is 0 Å². The van der Waals surface area contributed by atoms with Crippen LogP contribution in [-0.2, 0) is 6.54 Å². The maximum Gasteiger partial charge on any atom is 0.126 e. The van der Waals surface area contributed by atoms with Crippen molar-refractivity contribution in [3.8, 4) is 17.6 Å². The molecule has 32 heavy (non-hydrogen) atoms. The van der Waals surface area contributed by atoms with Gasteiger partial charge in [-0.15, -0.1) is 0 Å². The summed E-state index contributed by atoms with van der Waals surface area (Å²) in [6, 6.07) is 13.8. The Morgan fingerprint density at radius 1 is 1.09 bits per heavy atom. The predicted molar refractivity (Wildman–Crippen MR) is 138 cm³/mol. The molecule has 0 spiro atoms. The lowest BCUT2D eigenvalue weighted by Gasteiger charge is -2.27. The number of hydrogen-bond donors (Lipinski definition) is 0. The molecule has 0 saturated carbocycles. The van der Waals surface area contributed by atoms with E-state index in [1.165, 1.54) is 10.8 Å². The predicted octanol–water partition coefficient (Wildman–Crippen LogP) is 5.17. The first kappa shape index (κ1) is 25.9. The van der Waals surface area contributed by atoms with E-state index in [9.17, 15) is 4.39 Å². The van der Waals surface area contributed by atoms with Crippen molar-refractivity contribution in [2.75, 3.05) is 13.1 Å². The van der Waals surface area contributed by atoms with Crippen molar-refractivity contribution >= 4 is 14.7 Å². The molecule has 0 aliphatic rings. The molecule has 0 aromatic heterocycles. The van der Waals surface area contributed by atoms with Crippen molar-refractivity contribution in [3.63, 3.8) is 0 Å². The number of ether oxygens (including phenoxy) is 1. The Morgan fingerprint density at radius 2 is 1.84 bits per heavy atom. The Morgan fingerprint density at radius 3 is 2.50 bits per heavy atom. The molecule has 172 valence electrons. The van der Waals surface area contributed by atoms with E-state index in [1.54, 1.807) is 6.07 Å². The molecule has 2 aromatic carbocycles. The molecule has 0 atom stereocenters. The minimum atomic E-state index is -0.751. The smallest absolute Gasteiger partial charge is 0.126 e. The first-order chi connectivity index (χ1) is 15.0. The van der Waals surface area contributed by atoms with E-state index in [0.717, 1.165) is 25.4 Å². The summed E-state index contributed by atoms with van der Waals surface area (Å²) >= 11 is 0. The van der Waals surface area contributed by atoms with E-state index in [-0.39, 0.29) is 16.5 Å². The largest absolute Gasteiger partial charge is 0.492 e. The Kier molecular flexibility index (Phi) is 9.30. The lowest BCUT2D eigenvalue weighted by Crippen LogP contribution is -2.42. The second-order valence-electron chi connectivity index (χ2n) is 10.0. The number of halogens is 1. The molecule has 0 saturated heterocycles. The van der Waals surface area contributed by atoms with E-state index in [0.29, 0.717) is 5.56 Å². The second kappa shape index (κ2) is 11.5. The number of hydrogen-bond acceptors (Lipinski definition) is 2. The zero-order valence-corrected chi connectivity index (χ0v) is 22.2. The van der Waals surface area contributed by atoms with Gasteiger partial charge in [-0.1, -0.05) is 54.3 Å². The van der Waals surface area contributed by atoms with Crippen LogP contribution in [0.1, 0.15) is 52.7 Å². The standard InChI is InChI=1S/C28H38FNOSi/c1-8-30(18-11-9-10-17-27(3,4)5)21-23-13-12-14-24(20-23)31-28(6,7)32-25-15-16-26(29)22(2)19-25/h9,11-16,19-20H,8,18,21,32H2,1-7H3/b11-9+. The van der Waals surface area contributed by atoms with Crippen LogP contribution in [-0.4, -0.2) is 32.7 Å². The van der Waals surface area contributed by atoms with Gasteiger partial charge in [0.15, 0.2) is 0 Å². The molecule has 0 aliphatic carbocycles. The Bertz CT molecular complexity index is 979. The molecule has 2 rings (SSSR count). The molecule has 0 fully saturated rings. The SMILES string of the molecule is CCN(C/C=C/C#CC(C)(C)C)Cc1cccc(OC(C)(C)[SiH2]c2ccc(F)c(C)c2)c1. The van der Waals surface area contributed by atoms with Crippen molar-refractivity contribution in [3.05, 3.63) is 71.6 Å². The zero-order valence-electron chi connectivity index (χ0n) is 20.8. The lowest BCUT2D eigenvalue weighted by atomic mass is 9.98. The van der Waals surface area contributed by atoms with Gasteiger partial charge in [0.25, 0.3) is 0 Å². The Hall–Kier alpha value is -2.35. The summed E-state index contributed by atoms with van der Waals surface area (Å²) in [6.07, 6.45) is 4.08. The topological polar surface area (TPSA) is 12.5 Å². The molecule has 0 amide bonds.